The molecule has 0 saturated heterocycles. The Labute approximate surface area is 71.1 Å². The van der Waals surface area contributed by atoms with E-state index in [0.717, 1.165) is 6.42 Å². The lowest BCUT2D eigenvalue weighted by molar-refractivity contribution is 0.458. The Hall–Kier alpha value is -0.460. The molecule has 0 unspecified atom stereocenters. The summed E-state index contributed by atoms with van der Waals surface area (Å²) in [5.74, 6) is 0. The fourth-order valence-electron chi connectivity index (χ4n) is 1.05. The van der Waals surface area contributed by atoms with Crippen LogP contribution in [0.4, 0.5) is 0 Å². The Bertz CT molecular complexity index is 137. The lowest BCUT2D eigenvalue weighted by Gasteiger charge is -2.21. The van der Waals surface area contributed by atoms with Crippen LogP contribution in [-0.2, 0) is 0 Å². The summed E-state index contributed by atoms with van der Waals surface area (Å²) in [6.07, 6.45) is 3.44. The van der Waals surface area contributed by atoms with Crippen LogP contribution in [0, 0.1) is 5.41 Å². The molecule has 0 aromatic heterocycles. The van der Waals surface area contributed by atoms with Crippen LogP contribution in [0.25, 0.3) is 0 Å². The van der Waals surface area contributed by atoms with Gasteiger partial charge in [0, 0.05) is 19.8 Å². The van der Waals surface area contributed by atoms with Crippen molar-refractivity contribution in [2.45, 2.75) is 34.1 Å². The van der Waals surface area contributed by atoms with E-state index in [2.05, 4.69) is 52.8 Å². The SMILES string of the molecule is CC/C(=C\C(C)(C)C)N(C)C. The van der Waals surface area contributed by atoms with Crippen molar-refractivity contribution in [1.82, 2.24) is 4.90 Å². The molecule has 0 aromatic carbocycles. The van der Waals surface area contributed by atoms with Crippen molar-refractivity contribution in [3.05, 3.63) is 11.8 Å². The van der Waals surface area contributed by atoms with Gasteiger partial charge < -0.3 is 4.90 Å². The molecule has 0 saturated carbocycles. The Balaban J connectivity index is 4.36. The van der Waals surface area contributed by atoms with Crippen LogP contribution in [0.1, 0.15) is 34.1 Å². The first-order valence-corrected chi connectivity index (χ1v) is 4.26. The highest BCUT2D eigenvalue weighted by Gasteiger charge is 2.08. The van der Waals surface area contributed by atoms with Crippen molar-refractivity contribution in [2.24, 2.45) is 5.41 Å². The van der Waals surface area contributed by atoms with Crippen LogP contribution < -0.4 is 0 Å². The van der Waals surface area contributed by atoms with E-state index < -0.39 is 0 Å². The van der Waals surface area contributed by atoms with Crippen LogP contribution in [0.3, 0.4) is 0 Å². The van der Waals surface area contributed by atoms with E-state index in [1.165, 1.54) is 5.70 Å². The molecule has 0 radical (unpaired) electrons. The summed E-state index contributed by atoms with van der Waals surface area (Å²) >= 11 is 0. The van der Waals surface area contributed by atoms with E-state index >= 15 is 0 Å². The van der Waals surface area contributed by atoms with Crippen molar-refractivity contribution in [3.63, 3.8) is 0 Å². The first kappa shape index (κ1) is 10.5. The number of rotatable bonds is 2. The maximum Gasteiger partial charge on any atom is 0.00895 e. The molecule has 0 bridgehead atoms. The van der Waals surface area contributed by atoms with Crippen molar-refractivity contribution in [1.29, 1.82) is 0 Å². The maximum atomic E-state index is 2.33. The quantitative estimate of drug-likeness (QED) is 0.592. The van der Waals surface area contributed by atoms with Gasteiger partial charge in [-0.1, -0.05) is 33.8 Å². The summed E-state index contributed by atoms with van der Waals surface area (Å²) in [7, 11) is 4.20. The smallest absolute Gasteiger partial charge is 0.00895 e. The largest absolute Gasteiger partial charge is 0.381 e. The van der Waals surface area contributed by atoms with Gasteiger partial charge in [-0.25, -0.2) is 0 Å². The Morgan fingerprint density at radius 2 is 1.73 bits per heavy atom. The average Bonchev–Trinajstić information content (AvgIpc) is 1.80. The molecule has 0 heterocycles. The molecule has 0 amide bonds. The summed E-state index contributed by atoms with van der Waals surface area (Å²) in [5.41, 5.74) is 1.72. The van der Waals surface area contributed by atoms with Crippen LogP contribution in [0.15, 0.2) is 11.8 Å². The molecule has 66 valence electrons. The lowest BCUT2D eigenvalue weighted by atomic mass is 9.94. The van der Waals surface area contributed by atoms with E-state index in [0.29, 0.717) is 5.41 Å². The topological polar surface area (TPSA) is 3.24 Å². The van der Waals surface area contributed by atoms with Gasteiger partial charge in [-0.05, 0) is 11.8 Å². The maximum absolute atomic E-state index is 2.33. The molecule has 0 aliphatic rings. The second-order valence-electron chi connectivity index (χ2n) is 4.25. The van der Waals surface area contributed by atoms with Crippen LogP contribution >= 0.6 is 0 Å². The summed E-state index contributed by atoms with van der Waals surface area (Å²) < 4.78 is 0. The molecule has 1 heteroatoms. The third kappa shape index (κ3) is 4.88. The minimum Gasteiger partial charge on any atom is -0.381 e. The predicted molar refractivity (Wildman–Crippen MR) is 51.5 cm³/mol. The molecular formula is C10H21N. The first-order valence-electron chi connectivity index (χ1n) is 4.26. The highest BCUT2D eigenvalue weighted by molar-refractivity contribution is 5.04. The van der Waals surface area contributed by atoms with Gasteiger partial charge in [0.2, 0.25) is 0 Å². The summed E-state index contributed by atoms with van der Waals surface area (Å²) in [6.45, 7) is 8.88. The van der Waals surface area contributed by atoms with E-state index in [1.807, 2.05) is 0 Å². The molecule has 0 atom stereocenters. The average molecular weight is 155 g/mol. The van der Waals surface area contributed by atoms with E-state index in [-0.39, 0.29) is 0 Å². The fourth-order valence-corrected chi connectivity index (χ4v) is 1.05. The molecule has 1 nitrogen and oxygen atoms in total. The van der Waals surface area contributed by atoms with Crippen molar-refractivity contribution in [3.8, 4) is 0 Å². The summed E-state index contributed by atoms with van der Waals surface area (Å²) in [5, 5.41) is 0. The molecule has 11 heavy (non-hydrogen) atoms. The van der Waals surface area contributed by atoms with Gasteiger partial charge in [-0.3, -0.25) is 0 Å². The molecule has 0 aliphatic heterocycles. The third-order valence-corrected chi connectivity index (χ3v) is 1.54. The van der Waals surface area contributed by atoms with Gasteiger partial charge in [0.25, 0.3) is 0 Å². The highest BCUT2D eigenvalue weighted by atomic mass is 15.1. The summed E-state index contributed by atoms with van der Waals surface area (Å²) in [6, 6.07) is 0. The lowest BCUT2D eigenvalue weighted by Crippen LogP contribution is -2.13. The molecule has 0 aromatic rings. The van der Waals surface area contributed by atoms with Crippen LogP contribution in [0.2, 0.25) is 0 Å². The standard InChI is InChI=1S/C10H21N/c1-7-9(11(5)6)8-10(2,3)4/h8H,7H2,1-6H3/b9-8+. The van der Waals surface area contributed by atoms with Crippen molar-refractivity contribution in [2.75, 3.05) is 14.1 Å². The van der Waals surface area contributed by atoms with E-state index in [1.54, 1.807) is 0 Å². The molecule has 0 aliphatic carbocycles. The van der Waals surface area contributed by atoms with Gasteiger partial charge in [0.15, 0.2) is 0 Å². The third-order valence-electron chi connectivity index (χ3n) is 1.54. The molecule has 0 fully saturated rings. The normalized spacial score (nSPS) is 13.5. The van der Waals surface area contributed by atoms with Gasteiger partial charge in [-0.2, -0.15) is 0 Å². The van der Waals surface area contributed by atoms with Crippen molar-refractivity contribution >= 4 is 0 Å². The van der Waals surface area contributed by atoms with Gasteiger partial charge >= 0.3 is 0 Å². The first-order chi connectivity index (χ1) is 4.87. The minimum absolute atomic E-state index is 0.301. The van der Waals surface area contributed by atoms with Gasteiger partial charge in [0.05, 0.1) is 0 Å². The zero-order valence-electron chi connectivity index (χ0n) is 8.73. The van der Waals surface area contributed by atoms with Gasteiger partial charge in [0.1, 0.15) is 0 Å². The van der Waals surface area contributed by atoms with Crippen LogP contribution in [-0.4, -0.2) is 19.0 Å². The fraction of sp³-hybridized carbons (Fsp3) is 0.800. The molecular weight excluding hydrogens is 134 g/mol. The zero-order valence-corrected chi connectivity index (χ0v) is 8.73. The number of hydrogen-bond donors (Lipinski definition) is 0. The number of hydrogen-bond acceptors (Lipinski definition) is 1. The Kier molecular flexibility index (Phi) is 3.64. The monoisotopic (exact) mass is 155 g/mol. The van der Waals surface area contributed by atoms with E-state index in [4.69, 9.17) is 0 Å². The van der Waals surface area contributed by atoms with Crippen molar-refractivity contribution < 1.29 is 0 Å². The van der Waals surface area contributed by atoms with Crippen LogP contribution in [0.5, 0.6) is 0 Å². The minimum atomic E-state index is 0.301. The molecule has 0 rings (SSSR count). The molecule has 0 N–H and O–H groups in total. The predicted octanol–water partition coefficient (Wildman–Crippen LogP) is 2.89. The second kappa shape index (κ2) is 3.80. The number of allylic oxidation sites excluding steroid dienone is 2. The van der Waals surface area contributed by atoms with Gasteiger partial charge in [-0.15, -0.1) is 0 Å². The molecule has 0 spiro atoms. The summed E-state index contributed by atoms with van der Waals surface area (Å²) in [4.78, 5) is 2.19. The Morgan fingerprint density at radius 1 is 1.27 bits per heavy atom. The zero-order chi connectivity index (χ0) is 9.07. The second-order valence-corrected chi connectivity index (χ2v) is 4.25. The number of nitrogens with zero attached hydrogens (tertiary/aromatic N) is 1. The Morgan fingerprint density at radius 3 is 1.82 bits per heavy atom. The van der Waals surface area contributed by atoms with E-state index in [9.17, 15) is 0 Å². The highest BCUT2D eigenvalue weighted by Crippen LogP contribution is 2.19.